The van der Waals surface area contributed by atoms with Crippen LogP contribution >= 0.6 is 11.3 Å². The molecule has 2 amide bonds. The summed E-state index contributed by atoms with van der Waals surface area (Å²) < 4.78 is 0. The molecule has 1 aromatic heterocycles. The van der Waals surface area contributed by atoms with E-state index >= 15 is 0 Å². The van der Waals surface area contributed by atoms with Crippen molar-refractivity contribution in [3.05, 3.63) is 16.0 Å². The zero-order valence-electron chi connectivity index (χ0n) is 14.1. The number of amides is 2. The number of thiophene rings is 1. The molecule has 6 heteroatoms. The number of nitrogens with zero attached hydrogens (tertiary/aromatic N) is 1. The van der Waals surface area contributed by atoms with Crippen LogP contribution in [-0.4, -0.2) is 17.5 Å². The van der Waals surface area contributed by atoms with Crippen LogP contribution in [0.2, 0.25) is 0 Å². The fourth-order valence-electron chi connectivity index (χ4n) is 2.71. The highest BCUT2D eigenvalue weighted by Crippen LogP contribution is 2.37. The molecule has 0 saturated heterocycles. The van der Waals surface area contributed by atoms with E-state index in [1.54, 1.807) is 11.3 Å². The monoisotopic (exact) mass is 335 g/mol. The van der Waals surface area contributed by atoms with E-state index in [4.69, 9.17) is 0 Å². The average molecular weight is 335 g/mol. The smallest absolute Gasteiger partial charge is 0.274 e. The Morgan fingerprint density at radius 3 is 2.61 bits per heavy atom. The Kier molecular flexibility index (Phi) is 6.33. The van der Waals surface area contributed by atoms with Crippen LogP contribution in [0.25, 0.3) is 0 Å². The van der Waals surface area contributed by atoms with Crippen molar-refractivity contribution >= 4 is 33.9 Å². The summed E-state index contributed by atoms with van der Waals surface area (Å²) in [5, 5.41) is 7.62. The minimum absolute atomic E-state index is 0.0341. The van der Waals surface area contributed by atoms with Gasteiger partial charge in [-0.3, -0.25) is 9.59 Å². The molecule has 126 valence electrons. The van der Waals surface area contributed by atoms with Crippen LogP contribution in [0.4, 0.5) is 5.00 Å². The van der Waals surface area contributed by atoms with E-state index in [9.17, 15) is 9.59 Å². The van der Waals surface area contributed by atoms with Crippen LogP contribution in [0.1, 0.15) is 73.7 Å². The largest absolute Gasteiger partial charge is 0.317 e. The summed E-state index contributed by atoms with van der Waals surface area (Å²) in [6.07, 6.45) is 6.55. The molecule has 5 nitrogen and oxygen atoms in total. The Bertz CT molecular complexity index is 616. The van der Waals surface area contributed by atoms with Gasteiger partial charge in [0.25, 0.3) is 5.91 Å². The average Bonchev–Trinajstić information content (AvgIpc) is 2.67. The van der Waals surface area contributed by atoms with E-state index < -0.39 is 0 Å². The van der Waals surface area contributed by atoms with E-state index in [0.717, 1.165) is 43.4 Å². The Hall–Kier alpha value is -1.69. The second-order valence-electron chi connectivity index (χ2n) is 6.07. The summed E-state index contributed by atoms with van der Waals surface area (Å²) in [5.74, 6) is -0.259. The van der Waals surface area contributed by atoms with Gasteiger partial charge in [0.15, 0.2) is 0 Å². The molecular weight excluding hydrogens is 310 g/mol. The molecule has 0 bridgehead atoms. The minimum Gasteiger partial charge on any atom is -0.317 e. The predicted molar refractivity (Wildman–Crippen MR) is 95.4 cm³/mol. The van der Waals surface area contributed by atoms with Gasteiger partial charge in [-0.2, -0.15) is 5.10 Å². The second kappa shape index (κ2) is 8.24. The molecule has 0 fully saturated rings. The first-order valence-electron chi connectivity index (χ1n) is 8.28. The van der Waals surface area contributed by atoms with E-state index in [1.807, 2.05) is 20.8 Å². The first kappa shape index (κ1) is 17.7. The third-order valence-electron chi connectivity index (χ3n) is 3.76. The molecule has 0 atom stereocenters. The molecule has 0 unspecified atom stereocenters. The standard InChI is InChI=1S/C17H25N3O2S/c1-4-8-14(21)18-17-15(16(22)20-19-11(2)3)12-9-6-5-7-10-13(12)23-17/h4-10H2,1-3H3,(H,18,21)(H,20,22). The summed E-state index contributed by atoms with van der Waals surface area (Å²) in [4.78, 5) is 25.8. The number of hydrogen-bond donors (Lipinski definition) is 2. The van der Waals surface area contributed by atoms with Gasteiger partial charge in [-0.25, -0.2) is 5.43 Å². The molecule has 1 aliphatic carbocycles. The first-order valence-corrected chi connectivity index (χ1v) is 9.10. The summed E-state index contributed by atoms with van der Waals surface area (Å²) in [6.45, 7) is 5.63. The number of anilines is 1. The van der Waals surface area contributed by atoms with Crippen molar-refractivity contribution in [3.63, 3.8) is 0 Å². The van der Waals surface area contributed by atoms with E-state index in [1.165, 1.54) is 11.3 Å². The van der Waals surface area contributed by atoms with Crippen molar-refractivity contribution in [1.29, 1.82) is 0 Å². The molecule has 0 aliphatic heterocycles. The lowest BCUT2D eigenvalue weighted by Crippen LogP contribution is -2.22. The van der Waals surface area contributed by atoms with E-state index in [0.29, 0.717) is 17.0 Å². The van der Waals surface area contributed by atoms with Crippen LogP contribution in [0, 0.1) is 0 Å². The van der Waals surface area contributed by atoms with E-state index in [-0.39, 0.29) is 11.8 Å². The molecule has 2 rings (SSSR count). The summed E-state index contributed by atoms with van der Waals surface area (Å²) in [6, 6.07) is 0. The third kappa shape index (κ3) is 4.64. The van der Waals surface area contributed by atoms with Gasteiger partial charge in [0, 0.05) is 17.0 Å². The van der Waals surface area contributed by atoms with Crippen molar-refractivity contribution in [1.82, 2.24) is 5.43 Å². The number of hydrogen-bond acceptors (Lipinski definition) is 4. The van der Waals surface area contributed by atoms with Crippen molar-refractivity contribution in [2.24, 2.45) is 5.10 Å². The number of rotatable bonds is 5. The van der Waals surface area contributed by atoms with Gasteiger partial charge < -0.3 is 5.32 Å². The fraction of sp³-hybridized carbons (Fsp3) is 0.588. The van der Waals surface area contributed by atoms with Crippen molar-refractivity contribution in [2.45, 2.75) is 65.7 Å². The number of aryl methyl sites for hydroxylation is 1. The number of hydrazone groups is 1. The van der Waals surface area contributed by atoms with Gasteiger partial charge in [-0.15, -0.1) is 11.3 Å². The zero-order valence-corrected chi connectivity index (χ0v) is 14.9. The Morgan fingerprint density at radius 1 is 1.17 bits per heavy atom. The molecule has 23 heavy (non-hydrogen) atoms. The Balaban J connectivity index is 2.34. The van der Waals surface area contributed by atoms with Gasteiger partial charge in [-0.05, 0) is 51.5 Å². The molecule has 1 aromatic rings. The van der Waals surface area contributed by atoms with Gasteiger partial charge in [0.2, 0.25) is 5.91 Å². The molecule has 2 N–H and O–H groups in total. The lowest BCUT2D eigenvalue weighted by Gasteiger charge is -2.08. The normalized spacial score (nSPS) is 13.7. The Morgan fingerprint density at radius 2 is 1.91 bits per heavy atom. The highest BCUT2D eigenvalue weighted by molar-refractivity contribution is 7.17. The van der Waals surface area contributed by atoms with Crippen LogP contribution < -0.4 is 10.7 Å². The zero-order chi connectivity index (χ0) is 16.8. The van der Waals surface area contributed by atoms with Gasteiger partial charge >= 0.3 is 0 Å². The number of fused-ring (bicyclic) bond motifs is 1. The maximum Gasteiger partial charge on any atom is 0.274 e. The summed E-state index contributed by atoms with van der Waals surface area (Å²) in [7, 11) is 0. The maximum absolute atomic E-state index is 12.6. The first-order chi connectivity index (χ1) is 11.0. The SMILES string of the molecule is CCCC(=O)Nc1sc2c(c1C(=O)NN=C(C)C)CCCCC2. The molecular formula is C17H25N3O2S. The topological polar surface area (TPSA) is 70.6 Å². The highest BCUT2D eigenvalue weighted by Gasteiger charge is 2.25. The lowest BCUT2D eigenvalue weighted by atomic mass is 10.1. The van der Waals surface area contributed by atoms with Crippen LogP contribution in [-0.2, 0) is 17.6 Å². The van der Waals surface area contributed by atoms with Crippen LogP contribution in [0.15, 0.2) is 5.10 Å². The maximum atomic E-state index is 12.6. The number of carbonyl (C=O) groups excluding carboxylic acids is 2. The highest BCUT2D eigenvalue weighted by atomic mass is 32.1. The second-order valence-corrected chi connectivity index (χ2v) is 7.17. The third-order valence-corrected chi connectivity index (χ3v) is 4.97. The predicted octanol–water partition coefficient (Wildman–Crippen LogP) is 3.88. The minimum atomic E-state index is -0.225. The quantitative estimate of drug-likeness (QED) is 0.487. The summed E-state index contributed by atoms with van der Waals surface area (Å²) in [5.41, 5.74) is 5.10. The van der Waals surface area contributed by atoms with Crippen LogP contribution in [0.5, 0.6) is 0 Å². The van der Waals surface area contributed by atoms with Crippen molar-refractivity contribution in [3.8, 4) is 0 Å². The molecule has 1 heterocycles. The molecule has 0 radical (unpaired) electrons. The summed E-state index contributed by atoms with van der Waals surface area (Å²) >= 11 is 1.55. The Labute approximate surface area is 141 Å². The van der Waals surface area contributed by atoms with Gasteiger partial charge in [0.1, 0.15) is 5.00 Å². The van der Waals surface area contributed by atoms with Gasteiger partial charge in [-0.1, -0.05) is 13.3 Å². The molecule has 1 aliphatic rings. The van der Waals surface area contributed by atoms with Gasteiger partial charge in [0.05, 0.1) is 5.56 Å². The molecule has 0 aromatic carbocycles. The van der Waals surface area contributed by atoms with Crippen molar-refractivity contribution in [2.75, 3.05) is 5.32 Å². The molecule has 0 spiro atoms. The lowest BCUT2D eigenvalue weighted by molar-refractivity contribution is -0.116. The number of nitrogens with one attached hydrogen (secondary N) is 2. The van der Waals surface area contributed by atoms with Crippen molar-refractivity contribution < 1.29 is 9.59 Å². The van der Waals surface area contributed by atoms with E-state index in [2.05, 4.69) is 15.8 Å². The molecule has 0 saturated carbocycles. The fourth-order valence-corrected chi connectivity index (χ4v) is 4.01. The van der Waals surface area contributed by atoms with Crippen LogP contribution in [0.3, 0.4) is 0 Å². The number of carbonyl (C=O) groups is 2.